The van der Waals surface area contributed by atoms with E-state index in [1.165, 1.54) is 0 Å². The molecule has 0 atom stereocenters. The van der Waals surface area contributed by atoms with E-state index in [0.29, 0.717) is 5.69 Å². The first-order valence-electron chi connectivity index (χ1n) is 3.45. The Kier molecular flexibility index (Phi) is 2.99. The average Bonchev–Trinajstić information content (AvgIpc) is 2.03. The van der Waals surface area contributed by atoms with E-state index >= 15 is 0 Å². The van der Waals surface area contributed by atoms with Gasteiger partial charge < -0.3 is 0 Å². The van der Waals surface area contributed by atoms with Crippen LogP contribution >= 0.6 is 0 Å². The zero-order chi connectivity index (χ0) is 8.97. The lowest BCUT2D eigenvalue weighted by atomic mass is 10.2. The Hall–Kier alpha value is -1.16. The maximum Gasteiger partial charge on any atom is 0.364 e. The molecule has 0 radical (unpaired) electrons. The number of anilines is 1. The summed E-state index contributed by atoms with van der Waals surface area (Å²) < 4.78 is 23.1. The minimum absolute atomic E-state index is 0.554. The smallest absolute Gasteiger partial charge is 0.261 e. The van der Waals surface area contributed by atoms with E-state index in [2.05, 4.69) is 10.3 Å². The molecule has 0 fully saturated rings. The topological polar surface area (TPSA) is 21.3 Å². The Balaban J connectivity index is 2.57. The van der Waals surface area contributed by atoms with Crippen LogP contribution in [0.1, 0.15) is 5.56 Å². The van der Waals surface area contributed by atoms with Crippen LogP contribution in [0.2, 0.25) is 0 Å². The summed E-state index contributed by atoms with van der Waals surface area (Å²) in [5, 5.41) is 0. The Morgan fingerprint density at radius 2 is 2.00 bits per heavy atom. The fraction of sp³-hybridized carbons (Fsp3) is 0.250. The Bertz CT molecular complexity index is 253. The predicted molar refractivity (Wildman–Crippen MR) is 41.9 cm³/mol. The number of aryl methyl sites for hydroxylation is 1. The van der Waals surface area contributed by atoms with Gasteiger partial charge in [-0.15, -0.1) is 0 Å². The van der Waals surface area contributed by atoms with Crippen molar-refractivity contribution >= 4 is 5.69 Å². The summed E-state index contributed by atoms with van der Waals surface area (Å²) in [5.74, 6) is 0. The second kappa shape index (κ2) is 4.01. The molecule has 1 aromatic carbocycles. The summed E-state index contributed by atoms with van der Waals surface area (Å²) in [6.07, 6.45) is 0. The molecule has 0 unspecified atom stereocenters. The molecule has 0 aliphatic carbocycles. The van der Waals surface area contributed by atoms with Crippen molar-refractivity contribution in [2.24, 2.45) is 0 Å². The van der Waals surface area contributed by atoms with E-state index in [1.54, 1.807) is 25.1 Å². The third kappa shape index (κ3) is 2.47. The summed E-state index contributed by atoms with van der Waals surface area (Å²) in [6, 6.07) is 7.03. The van der Waals surface area contributed by atoms with Gasteiger partial charge in [0.2, 0.25) is 0 Å². The number of nitrogens with one attached hydrogen (secondary N) is 1. The van der Waals surface area contributed by atoms with Crippen LogP contribution in [-0.2, 0) is 4.84 Å². The summed E-state index contributed by atoms with van der Waals surface area (Å²) in [4.78, 5) is 3.93. The Labute approximate surface area is 69.1 Å². The molecule has 0 amide bonds. The quantitative estimate of drug-likeness (QED) is 0.709. The van der Waals surface area contributed by atoms with Crippen molar-refractivity contribution in [1.82, 2.24) is 0 Å². The summed E-state index contributed by atoms with van der Waals surface area (Å²) in [5.41, 5.74) is 3.58. The van der Waals surface area contributed by atoms with Gasteiger partial charge in [-0.05, 0) is 18.6 Å². The van der Waals surface area contributed by atoms with Crippen molar-refractivity contribution in [3.05, 3.63) is 29.8 Å². The highest BCUT2D eigenvalue weighted by molar-refractivity contribution is 5.48. The average molecular weight is 173 g/mol. The van der Waals surface area contributed by atoms with Gasteiger partial charge in [-0.2, -0.15) is 8.78 Å². The molecule has 4 heteroatoms. The van der Waals surface area contributed by atoms with Crippen molar-refractivity contribution in [1.29, 1.82) is 0 Å². The normalized spacial score (nSPS) is 10.3. The third-order valence-electron chi connectivity index (χ3n) is 1.40. The van der Waals surface area contributed by atoms with Crippen LogP contribution in [0.5, 0.6) is 0 Å². The van der Waals surface area contributed by atoms with Gasteiger partial charge in [0.05, 0.1) is 5.69 Å². The fourth-order valence-corrected chi connectivity index (χ4v) is 0.795. The molecule has 0 aromatic heterocycles. The maximum absolute atomic E-state index is 11.6. The zero-order valence-corrected chi connectivity index (χ0v) is 6.55. The number of hydrogen-bond acceptors (Lipinski definition) is 2. The van der Waals surface area contributed by atoms with Gasteiger partial charge in [0.1, 0.15) is 0 Å². The molecule has 0 heterocycles. The van der Waals surface area contributed by atoms with E-state index in [0.717, 1.165) is 5.56 Å². The molecule has 0 spiro atoms. The lowest BCUT2D eigenvalue weighted by Gasteiger charge is -2.07. The molecule has 0 aliphatic heterocycles. The van der Waals surface area contributed by atoms with Gasteiger partial charge in [0.15, 0.2) is 0 Å². The molecule has 1 rings (SSSR count). The van der Waals surface area contributed by atoms with E-state index in [9.17, 15) is 8.78 Å². The first-order valence-corrected chi connectivity index (χ1v) is 3.45. The summed E-state index contributed by atoms with van der Waals surface area (Å²) in [6.45, 7) is -0.999. The largest absolute Gasteiger partial charge is 0.364 e. The first-order chi connectivity index (χ1) is 5.70. The van der Waals surface area contributed by atoms with Gasteiger partial charge in [-0.25, -0.2) is 4.84 Å². The molecular formula is C8H9F2NO. The van der Waals surface area contributed by atoms with Crippen molar-refractivity contribution in [2.45, 2.75) is 13.5 Å². The van der Waals surface area contributed by atoms with Crippen LogP contribution in [0.4, 0.5) is 14.5 Å². The van der Waals surface area contributed by atoms with Crippen LogP contribution in [0.15, 0.2) is 24.3 Å². The van der Waals surface area contributed by atoms with Gasteiger partial charge in [-0.1, -0.05) is 18.2 Å². The first kappa shape index (κ1) is 8.93. The second-order valence-electron chi connectivity index (χ2n) is 2.30. The van der Waals surface area contributed by atoms with Crippen LogP contribution in [0.3, 0.4) is 0 Å². The molecule has 1 N–H and O–H groups in total. The minimum atomic E-state index is -2.80. The van der Waals surface area contributed by atoms with Crippen molar-refractivity contribution < 1.29 is 13.6 Å². The Morgan fingerprint density at radius 3 is 2.58 bits per heavy atom. The fourth-order valence-electron chi connectivity index (χ4n) is 0.795. The number of rotatable bonds is 3. The molecule has 0 saturated carbocycles. The maximum atomic E-state index is 11.6. The van der Waals surface area contributed by atoms with E-state index < -0.39 is 6.61 Å². The van der Waals surface area contributed by atoms with E-state index in [-0.39, 0.29) is 0 Å². The van der Waals surface area contributed by atoms with Gasteiger partial charge in [0, 0.05) is 0 Å². The molecule has 0 aliphatic rings. The molecule has 1 aromatic rings. The van der Waals surface area contributed by atoms with Crippen LogP contribution < -0.4 is 5.48 Å². The minimum Gasteiger partial charge on any atom is -0.261 e. The predicted octanol–water partition coefficient (Wildman–Crippen LogP) is 2.56. The van der Waals surface area contributed by atoms with Crippen LogP contribution in [0.25, 0.3) is 0 Å². The molecule has 0 bridgehead atoms. The summed E-state index contributed by atoms with van der Waals surface area (Å²) in [7, 11) is 0. The van der Waals surface area contributed by atoms with E-state index in [4.69, 9.17) is 0 Å². The van der Waals surface area contributed by atoms with Gasteiger partial charge in [0.25, 0.3) is 0 Å². The number of hydrogen-bond donors (Lipinski definition) is 1. The highest BCUT2D eigenvalue weighted by Gasteiger charge is 2.02. The SMILES string of the molecule is Cc1ccccc1NOC(F)F. The lowest BCUT2D eigenvalue weighted by molar-refractivity contribution is -0.105. The van der Waals surface area contributed by atoms with Crippen LogP contribution in [-0.4, -0.2) is 6.61 Å². The number of alkyl halides is 2. The monoisotopic (exact) mass is 173 g/mol. The highest BCUT2D eigenvalue weighted by atomic mass is 19.3. The molecule has 2 nitrogen and oxygen atoms in total. The van der Waals surface area contributed by atoms with Gasteiger partial charge in [-0.3, -0.25) is 5.48 Å². The standard InChI is InChI=1S/C8H9F2NO/c1-6-4-2-3-5-7(6)11-12-8(9)10/h2-5,8,11H,1H3. The number of benzene rings is 1. The van der Waals surface area contributed by atoms with Crippen molar-refractivity contribution in [3.63, 3.8) is 0 Å². The van der Waals surface area contributed by atoms with Crippen molar-refractivity contribution in [3.8, 4) is 0 Å². The highest BCUT2D eigenvalue weighted by Crippen LogP contribution is 2.13. The lowest BCUT2D eigenvalue weighted by Crippen LogP contribution is -2.07. The van der Waals surface area contributed by atoms with E-state index in [1.807, 2.05) is 6.07 Å². The van der Waals surface area contributed by atoms with Gasteiger partial charge >= 0.3 is 6.61 Å². The molecule has 0 saturated heterocycles. The number of halogens is 2. The Morgan fingerprint density at radius 1 is 1.33 bits per heavy atom. The molecule has 12 heavy (non-hydrogen) atoms. The van der Waals surface area contributed by atoms with Crippen molar-refractivity contribution in [2.75, 3.05) is 5.48 Å². The third-order valence-corrected chi connectivity index (χ3v) is 1.40. The number of para-hydroxylation sites is 1. The molecular weight excluding hydrogens is 164 g/mol. The second-order valence-corrected chi connectivity index (χ2v) is 2.30. The summed E-state index contributed by atoms with van der Waals surface area (Å²) >= 11 is 0. The zero-order valence-electron chi connectivity index (χ0n) is 6.55. The van der Waals surface area contributed by atoms with Crippen LogP contribution in [0, 0.1) is 6.92 Å². The molecule has 66 valence electrons.